The summed E-state index contributed by atoms with van der Waals surface area (Å²) in [6.45, 7) is 0.0481. The summed E-state index contributed by atoms with van der Waals surface area (Å²) in [7, 11) is 0. The van der Waals surface area contributed by atoms with Crippen molar-refractivity contribution in [2.45, 2.75) is 12.8 Å². The largest absolute Gasteiger partial charge is 0.478 e. The third-order valence-electron chi connectivity index (χ3n) is 2.98. The van der Waals surface area contributed by atoms with Crippen molar-refractivity contribution in [3.05, 3.63) is 60.2 Å². The number of nitrogens with two attached hydrogens (primary N) is 1. The molecule has 0 aliphatic rings. The van der Waals surface area contributed by atoms with E-state index in [0.717, 1.165) is 5.56 Å². The number of para-hydroxylation sites is 2. The highest BCUT2D eigenvalue weighted by atomic mass is 16.5. The molecule has 0 aliphatic carbocycles. The van der Waals surface area contributed by atoms with Crippen LogP contribution in [-0.2, 0) is 16.1 Å². The second kappa shape index (κ2) is 7.69. The van der Waals surface area contributed by atoms with Gasteiger partial charge in [-0.3, -0.25) is 5.32 Å². The molecule has 0 bridgehead atoms. The van der Waals surface area contributed by atoms with Crippen LogP contribution in [-0.4, -0.2) is 23.3 Å². The number of amides is 1. The number of carbonyl (C=O) groups excluding carboxylic acids is 1. The van der Waals surface area contributed by atoms with Crippen molar-refractivity contribution in [2.75, 3.05) is 11.1 Å². The lowest BCUT2D eigenvalue weighted by Crippen LogP contribution is -2.46. The lowest BCUT2D eigenvalue weighted by Gasteiger charge is -2.18. The summed E-state index contributed by atoms with van der Waals surface area (Å²) < 4.78 is 4.99. The Morgan fingerprint density at radius 1 is 1.09 bits per heavy atom. The van der Waals surface area contributed by atoms with Gasteiger partial charge in [0.15, 0.2) is 0 Å². The van der Waals surface area contributed by atoms with E-state index in [1.807, 2.05) is 18.2 Å². The molecule has 1 unspecified atom stereocenters. The molecule has 7 nitrogen and oxygen atoms in total. The van der Waals surface area contributed by atoms with Crippen LogP contribution in [0.1, 0.15) is 5.56 Å². The molecule has 2 rings (SSSR count). The van der Waals surface area contributed by atoms with Crippen LogP contribution in [0.3, 0.4) is 0 Å². The molecule has 0 spiro atoms. The van der Waals surface area contributed by atoms with Crippen LogP contribution < -0.4 is 16.4 Å². The minimum Gasteiger partial charge on any atom is -0.478 e. The van der Waals surface area contributed by atoms with Gasteiger partial charge in [-0.2, -0.15) is 0 Å². The molecule has 0 heterocycles. The summed E-state index contributed by atoms with van der Waals surface area (Å²) in [4.78, 5) is 23.0. The summed E-state index contributed by atoms with van der Waals surface area (Å²) >= 11 is 0. The summed E-state index contributed by atoms with van der Waals surface area (Å²) in [6.07, 6.45) is -2.20. The average Bonchev–Trinajstić information content (AvgIpc) is 2.55. The Balaban J connectivity index is 1.92. The third-order valence-corrected chi connectivity index (χ3v) is 2.98. The van der Waals surface area contributed by atoms with Gasteiger partial charge >= 0.3 is 12.1 Å². The number of nitrogens with one attached hydrogen (secondary N) is 2. The highest BCUT2D eigenvalue weighted by Crippen LogP contribution is 2.17. The summed E-state index contributed by atoms with van der Waals surface area (Å²) in [5, 5.41) is 14.1. The molecule has 0 fully saturated rings. The Bertz CT molecular complexity index is 676. The van der Waals surface area contributed by atoms with Gasteiger partial charge in [0.05, 0.1) is 11.4 Å². The fourth-order valence-electron chi connectivity index (χ4n) is 1.83. The van der Waals surface area contributed by atoms with Crippen molar-refractivity contribution in [2.24, 2.45) is 0 Å². The molecular formula is C16H17N3O4. The number of carbonyl (C=O) groups is 2. The Morgan fingerprint density at radius 3 is 2.39 bits per heavy atom. The number of ether oxygens (including phenoxy) is 1. The van der Waals surface area contributed by atoms with Crippen LogP contribution in [0, 0.1) is 0 Å². The first kappa shape index (κ1) is 16.2. The van der Waals surface area contributed by atoms with Crippen molar-refractivity contribution < 1.29 is 19.4 Å². The maximum Gasteiger partial charge on any atom is 0.409 e. The first-order valence-corrected chi connectivity index (χ1v) is 6.87. The van der Waals surface area contributed by atoms with E-state index >= 15 is 0 Å². The van der Waals surface area contributed by atoms with Gasteiger partial charge in [0.2, 0.25) is 6.17 Å². The zero-order chi connectivity index (χ0) is 16.7. The lowest BCUT2D eigenvalue weighted by molar-refractivity contribution is -0.138. The molecule has 2 aromatic carbocycles. The van der Waals surface area contributed by atoms with Crippen LogP contribution in [0.2, 0.25) is 0 Å². The number of carboxylic acid groups (broad SMARTS) is 1. The van der Waals surface area contributed by atoms with Crippen molar-refractivity contribution in [3.8, 4) is 0 Å². The van der Waals surface area contributed by atoms with Crippen molar-refractivity contribution in [1.29, 1.82) is 0 Å². The number of hydrogen-bond donors (Lipinski definition) is 4. The van der Waals surface area contributed by atoms with Gasteiger partial charge in [-0.15, -0.1) is 0 Å². The summed E-state index contributed by atoms with van der Waals surface area (Å²) in [5.74, 6) is -1.26. The van der Waals surface area contributed by atoms with E-state index in [4.69, 9.17) is 10.5 Å². The number of nitrogen functional groups attached to an aromatic ring is 1. The van der Waals surface area contributed by atoms with Crippen molar-refractivity contribution >= 4 is 23.4 Å². The van der Waals surface area contributed by atoms with Crippen LogP contribution in [0.5, 0.6) is 0 Å². The minimum atomic E-state index is -1.36. The topological polar surface area (TPSA) is 114 Å². The van der Waals surface area contributed by atoms with Gasteiger partial charge < -0.3 is 20.9 Å². The third kappa shape index (κ3) is 4.92. The highest BCUT2D eigenvalue weighted by molar-refractivity contribution is 5.83. The Hall–Kier alpha value is -3.22. The van der Waals surface area contributed by atoms with E-state index in [0.29, 0.717) is 11.4 Å². The molecule has 1 atom stereocenters. The first-order valence-electron chi connectivity index (χ1n) is 6.87. The number of aliphatic carboxylic acids is 1. The van der Waals surface area contributed by atoms with Gasteiger partial charge in [-0.1, -0.05) is 42.5 Å². The molecule has 120 valence electrons. The van der Waals surface area contributed by atoms with Gasteiger partial charge in [0.1, 0.15) is 6.61 Å². The lowest BCUT2D eigenvalue weighted by atomic mass is 10.2. The Kier molecular flexibility index (Phi) is 5.40. The normalized spacial score (nSPS) is 11.3. The van der Waals surface area contributed by atoms with Crippen molar-refractivity contribution in [3.63, 3.8) is 0 Å². The van der Waals surface area contributed by atoms with Crippen LogP contribution in [0.25, 0.3) is 0 Å². The number of alkyl carbamates (subject to hydrolysis) is 1. The van der Waals surface area contributed by atoms with Gasteiger partial charge in [0, 0.05) is 0 Å². The highest BCUT2D eigenvalue weighted by Gasteiger charge is 2.21. The van der Waals surface area contributed by atoms with Gasteiger partial charge in [-0.05, 0) is 17.7 Å². The van der Waals surface area contributed by atoms with E-state index < -0.39 is 18.2 Å². The zero-order valence-electron chi connectivity index (χ0n) is 12.2. The predicted octanol–water partition coefficient (Wildman–Crippen LogP) is 2.02. The molecule has 23 heavy (non-hydrogen) atoms. The average molecular weight is 315 g/mol. The first-order chi connectivity index (χ1) is 11.1. The SMILES string of the molecule is Nc1ccccc1NC(NC(=O)OCc1ccccc1)C(=O)O. The zero-order valence-corrected chi connectivity index (χ0v) is 12.2. The molecular weight excluding hydrogens is 298 g/mol. The molecule has 5 N–H and O–H groups in total. The van der Waals surface area contributed by atoms with E-state index in [1.165, 1.54) is 0 Å². The smallest absolute Gasteiger partial charge is 0.409 e. The van der Waals surface area contributed by atoms with Crippen molar-refractivity contribution in [1.82, 2.24) is 5.32 Å². The fraction of sp³-hybridized carbons (Fsp3) is 0.125. The van der Waals surface area contributed by atoms with E-state index in [9.17, 15) is 14.7 Å². The predicted molar refractivity (Wildman–Crippen MR) is 85.7 cm³/mol. The summed E-state index contributed by atoms with van der Waals surface area (Å²) in [6, 6.07) is 15.7. The number of anilines is 2. The molecule has 0 aromatic heterocycles. The fourth-order valence-corrected chi connectivity index (χ4v) is 1.83. The van der Waals surface area contributed by atoms with Crippen LogP contribution in [0.4, 0.5) is 16.2 Å². The second-order valence-corrected chi connectivity index (χ2v) is 4.71. The molecule has 0 saturated carbocycles. The van der Waals surface area contributed by atoms with Crippen LogP contribution in [0.15, 0.2) is 54.6 Å². The van der Waals surface area contributed by atoms with E-state index in [-0.39, 0.29) is 6.61 Å². The number of benzene rings is 2. The Morgan fingerprint density at radius 2 is 1.74 bits per heavy atom. The standard InChI is InChI=1S/C16H17N3O4/c17-12-8-4-5-9-13(12)18-14(15(20)21)19-16(22)23-10-11-6-2-1-3-7-11/h1-9,14,18H,10,17H2,(H,19,22)(H,20,21). The molecule has 0 radical (unpaired) electrons. The van der Waals surface area contributed by atoms with Gasteiger partial charge in [-0.25, -0.2) is 9.59 Å². The number of carboxylic acids is 1. The van der Waals surface area contributed by atoms with Crippen LogP contribution >= 0.6 is 0 Å². The molecule has 1 amide bonds. The quantitative estimate of drug-likeness (QED) is 0.479. The Labute approximate surface area is 133 Å². The number of hydrogen-bond acceptors (Lipinski definition) is 5. The minimum absolute atomic E-state index is 0.0481. The maximum absolute atomic E-state index is 11.7. The number of rotatable bonds is 6. The molecule has 0 aliphatic heterocycles. The van der Waals surface area contributed by atoms with E-state index in [1.54, 1.807) is 36.4 Å². The maximum atomic E-state index is 11.7. The molecule has 2 aromatic rings. The second-order valence-electron chi connectivity index (χ2n) is 4.71. The van der Waals surface area contributed by atoms with Gasteiger partial charge in [0.25, 0.3) is 0 Å². The molecule has 0 saturated heterocycles. The van der Waals surface area contributed by atoms with E-state index in [2.05, 4.69) is 10.6 Å². The molecule has 7 heteroatoms. The summed E-state index contributed by atoms with van der Waals surface area (Å²) in [5.41, 5.74) is 7.31. The monoisotopic (exact) mass is 315 g/mol.